The summed E-state index contributed by atoms with van der Waals surface area (Å²) in [7, 11) is 0.0104. The molecule has 0 aliphatic carbocycles. The maximum absolute atomic E-state index is 12.3. The van der Waals surface area contributed by atoms with E-state index >= 15 is 0 Å². The normalized spacial score (nSPS) is 13.3. The first-order valence-corrected chi connectivity index (χ1v) is 8.76. The average Bonchev–Trinajstić information content (AvgIpc) is 2.47. The van der Waals surface area contributed by atoms with Crippen molar-refractivity contribution >= 4 is 10.0 Å². The summed E-state index contributed by atoms with van der Waals surface area (Å²) in [5, 5.41) is 3.10. The van der Waals surface area contributed by atoms with Crippen LogP contribution in [0.2, 0.25) is 0 Å². The van der Waals surface area contributed by atoms with Gasteiger partial charge in [-0.2, -0.15) is 0 Å². The summed E-state index contributed by atoms with van der Waals surface area (Å²) in [6, 6.07) is 6.88. The van der Waals surface area contributed by atoms with Crippen molar-refractivity contribution < 1.29 is 13.2 Å². The van der Waals surface area contributed by atoms with Crippen LogP contribution in [0.25, 0.3) is 0 Å². The number of methoxy groups -OCH3 is 1. The van der Waals surface area contributed by atoms with Crippen molar-refractivity contribution in [2.75, 3.05) is 27.3 Å². The van der Waals surface area contributed by atoms with Gasteiger partial charge in [0.1, 0.15) is 0 Å². The third-order valence-electron chi connectivity index (χ3n) is 3.31. The third kappa shape index (κ3) is 6.13. The zero-order valence-electron chi connectivity index (χ0n) is 13.1. The van der Waals surface area contributed by atoms with Crippen molar-refractivity contribution in [1.82, 2.24) is 10.0 Å². The van der Waals surface area contributed by atoms with Crippen molar-refractivity contribution in [3.05, 3.63) is 29.8 Å². The Bertz CT molecular complexity index is 500. The minimum absolute atomic E-state index is 0.199. The molecule has 0 fully saturated rings. The third-order valence-corrected chi connectivity index (χ3v) is 4.84. The molecule has 1 unspecified atom stereocenters. The van der Waals surface area contributed by atoms with Gasteiger partial charge in [0.05, 0.1) is 11.5 Å². The van der Waals surface area contributed by atoms with Gasteiger partial charge >= 0.3 is 0 Å². The fourth-order valence-electron chi connectivity index (χ4n) is 2.03. The van der Waals surface area contributed by atoms with Crippen LogP contribution in [0.15, 0.2) is 29.2 Å². The Morgan fingerprint density at radius 1 is 1.24 bits per heavy atom. The Morgan fingerprint density at radius 2 is 1.90 bits per heavy atom. The molecular weight excluding hydrogens is 288 g/mol. The van der Waals surface area contributed by atoms with Gasteiger partial charge in [-0.25, -0.2) is 13.1 Å². The molecule has 0 saturated heterocycles. The highest BCUT2D eigenvalue weighted by Crippen LogP contribution is 2.13. The molecule has 0 bridgehead atoms. The SMILES string of the molecule is CCC(COC)NS(=O)(=O)c1ccc(CCCNC)cc1. The number of hydrogen-bond donors (Lipinski definition) is 2. The van der Waals surface area contributed by atoms with E-state index < -0.39 is 10.0 Å². The quantitative estimate of drug-likeness (QED) is 0.643. The molecule has 21 heavy (non-hydrogen) atoms. The van der Waals surface area contributed by atoms with E-state index in [1.165, 1.54) is 0 Å². The fourth-order valence-corrected chi connectivity index (χ4v) is 3.33. The molecule has 0 radical (unpaired) electrons. The van der Waals surface area contributed by atoms with Gasteiger partial charge in [-0.3, -0.25) is 0 Å². The number of rotatable bonds is 10. The number of nitrogens with one attached hydrogen (secondary N) is 2. The van der Waals surface area contributed by atoms with Crippen LogP contribution in [0.3, 0.4) is 0 Å². The standard InChI is InChI=1S/C15H26N2O3S/c1-4-14(12-20-3)17-21(18,19)15-9-7-13(8-10-15)6-5-11-16-2/h7-10,14,16-17H,4-6,11-12H2,1-3H3. The van der Waals surface area contributed by atoms with Crippen LogP contribution >= 0.6 is 0 Å². The zero-order valence-corrected chi connectivity index (χ0v) is 13.9. The van der Waals surface area contributed by atoms with Crippen molar-refractivity contribution in [2.45, 2.75) is 37.1 Å². The lowest BCUT2D eigenvalue weighted by molar-refractivity contribution is 0.173. The topological polar surface area (TPSA) is 67.4 Å². The lowest BCUT2D eigenvalue weighted by Crippen LogP contribution is -2.37. The molecule has 120 valence electrons. The molecule has 6 heteroatoms. The van der Waals surface area contributed by atoms with E-state index in [-0.39, 0.29) is 6.04 Å². The summed E-state index contributed by atoms with van der Waals surface area (Å²) in [5.41, 5.74) is 1.15. The second kappa shape index (κ2) is 9.15. The van der Waals surface area contributed by atoms with Crippen LogP contribution in [0, 0.1) is 0 Å². The smallest absolute Gasteiger partial charge is 0.240 e. The second-order valence-electron chi connectivity index (χ2n) is 5.03. The highest BCUT2D eigenvalue weighted by molar-refractivity contribution is 7.89. The number of benzene rings is 1. The van der Waals surface area contributed by atoms with Gasteiger partial charge in [0.15, 0.2) is 0 Å². The lowest BCUT2D eigenvalue weighted by Gasteiger charge is -2.16. The molecule has 0 aliphatic rings. The van der Waals surface area contributed by atoms with Gasteiger partial charge in [0.2, 0.25) is 10.0 Å². The molecular formula is C15H26N2O3S. The van der Waals surface area contributed by atoms with Gasteiger partial charge in [0.25, 0.3) is 0 Å². The van der Waals surface area contributed by atoms with Crippen LogP contribution in [0.5, 0.6) is 0 Å². The zero-order chi connectivity index (χ0) is 15.7. The molecule has 0 saturated carbocycles. The predicted molar refractivity (Wildman–Crippen MR) is 85.0 cm³/mol. The monoisotopic (exact) mass is 314 g/mol. The summed E-state index contributed by atoms with van der Waals surface area (Å²) < 4.78 is 32.2. The minimum Gasteiger partial charge on any atom is -0.383 e. The van der Waals surface area contributed by atoms with Crippen molar-refractivity contribution in [2.24, 2.45) is 0 Å². The van der Waals surface area contributed by atoms with Crippen LogP contribution in [0.4, 0.5) is 0 Å². The first-order chi connectivity index (χ1) is 10.0. The fraction of sp³-hybridized carbons (Fsp3) is 0.600. The van der Waals surface area contributed by atoms with Gasteiger partial charge in [-0.1, -0.05) is 19.1 Å². The van der Waals surface area contributed by atoms with E-state index in [0.29, 0.717) is 17.9 Å². The minimum atomic E-state index is -3.48. The lowest BCUT2D eigenvalue weighted by atomic mass is 10.1. The number of aryl methyl sites for hydroxylation is 1. The molecule has 5 nitrogen and oxygen atoms in total. The van der Waals surface area contributed by atoms with Crippen LogP contribution in [-0.2, 0) is 21.2 Å². The Kier molecular flexibility index (Phi) is 7.88. The van der Waals surface area contributed by atoms with Crippen molar-refractivity contribution in [1.29, 1.82) is 0 Å². The average molecular weight is 314 g/mol. The van der Waals surface area contributed by atoms with E-state index in [1.54, 1.807) is 19.2 Å². The number of hydrogen-bond acceptors (Lipinski definition) is 4. The van der Waals surface area contributed by atoms with Crippen LogP contribution < -0.4 is 10.0 Å². The molecule has 2 N–H and O–H groups in total. The molecule has 1 atom stereocenters. The summed E-state index contributed by atoms with van der Waals surface area (Å²) in [5.74, 6) is 0. The summed E-state index contributed by atoms with van der Waals surface area (Å²) in [4.78, 5) is 0.300. The molecule has 0 spiro atoms. The molecule has 0 amide bonds. The molecule has 0 heterocycles. The van der Waals surface area contributed by atoms with E-state index in [9.17, 15) is 8.42 Å². The predicted octanol–water partition coefficient (Wildman–Crippen LogP) is 1.54. The number of sulfonamides is 1. The first-order valence-electron chi connectivity index (χ1n) is 7.28. The highest BCUT2D eigenvalue weighted by Gasteiger charge is 2.18. The molecule has 1 rings (SSSR count). The van der Waals surface area contributed by atoms with E-state index in [4.69, 9.17) is 4.74 Å². The summed E-state index contributed by atoms with van der Waals surface area (Å²) >= 11 is 0. The van der Waals surface area contributed by atoms with Crippen molar-refractivity contribution in [3.8, 4) is 0 Å². The van der Waals surface area contributed by atoms with E-state index in [2.05, 4.69) is 10.0 Å². The second-order valence-corrected chi connectivity index (χ2v) is 6.75. The van der Waals surface area contributed by atoms with Crippen molar-refractivity contribution in [3.63, 3.8) is 0 Å². The van der Waals surface area contributed by atoms with E-state index in [0.717, 1.165) is 24.9 Å². The van der Waals surface area contributed by atoms with Gasteiger partial charge < -0.3 is 10.1 Å². The van der Waals surface area contributed by atoms with Crippen LogP contribution in [-0.4, -0.2) is 41.8 Å². The molecule has 0 aliphatic heterocycles. The molecule has 1 aromatic rings. The van der Waals surface area contributed by atoms with Gasteiger partial charge in [-0.05, 0) is 50.6 Å². The number of ether oxygens (including phenoxy) is 1. The Labute approximate surface area is 128 Å². The van der Waals surface area contributed by atoms with Crippen LogP contribution in [0.1, 0.15) is 25.3 Å². The molecule has 0 aromatic heterocycles. The Hall–Kier alpha value is -0.950. The summed E-state index contributed by atoms with van der Waals surface area (Å²) in [6.45, 7) is 3.26. The highest BCUT2D eigenvalue weighted by atomic mass is 32.2. The van der Waals surface area contributed by atoms with E-state index in [1.807, 2.05) is 26.1 Å². The first kappa shape index (κ1) is 18.1. The van der Waals surface area contributed by atoms with Gasteiger partial charge in [0, 0.05) is 13.2 Å². The Morgan fingerprint density at radius 3 is 2.43 bits per heavy atom. The molecule has 1 aromatic carbocycles. The summed E-state index contributed by atoms with van der Waals surface area (Å²) in [6.07, 6.45) is 2.66. The van der Waals surface area contributed by atoms with Gasteiger partial charge in [-0.15, -0.1) is 0 Å². The Balaban J connectivity index is 2.70. The largest absolute Gasteiger partial charge is 0.383 e. The maximum Gasteiger partial charge on any atom is 0.240 e. The maximum atomic E-state index is 12.3.